The Kier molecular flexibility index (Phi) is 4.93. The zero-order valence-corrected chi connectivity index (χ0v) is 12.0. The van der Waals surface area contributed by atoms with Gasteiger partial charge in [-0.25, -0.2) is 4.39 Å². The highest BCUT2D eigenvalue weighted by molar-refractivity contribution is 9.10. The molecule has 0 heterocycles. The van der Waals surface area contributed by atoms with Gasteiger partial charge in [-0.2, -0.15) is 0 Å². The molecule has 0 aliphatic heterocycles. The highest BCUT2D eigenvalue weighted by atomic mass is 79.9. The van der Waals surface area contributed by atoms with Gasteiger partial charge in [0.15, 0.2) is 0 Å². The van der Waals surface area contributed by atoms with Crippen LogP contribution in [0.15, 0.2) is 46.9 Å². The van der Waals surface area contributed by atoms with Crippen LogP contribution >= 0.6 is 15.9 Å². The lowest BCUT2D eigenvalue weighted by molar-refractivity contribution is 0.304. The first-order chi connectivity index (χ1) is 9.20. The summed E-state index contributed by atoms with van der Waals surface area (Å²) >= 11 is 3.22. The molecule has 0 radical (unpaired) electrons. The summed E-state index contributed by atoms with van der Waals surface area (Å²) in [6.45, 7) is 0.934. The molecule has 2 aromatic carbocycles. The van der Waals surface area contributed by atoms with E-state index in [1.807, 2.05) is 30.3 Å². The van der Waals surface area contributed by atoms with E-state index in [1.165, 1.54) is 6.07 Å². The van der Waals surface area contributed by atoms with Gasteiger partial charge in [-0.1, -0.05) is 24.3 Å². The van der Waals surface area contributed by atoms with Gasteiger partial charge >= 0.3 is 0 Å². The fourth-order valence-electron chi connectivity index (χ4n) is 1.78. The van der Waals surface area contributed by atoms with Gasteiger partial charge in [0.25, 0.3) is 0 Å². The van der Waals surface area contributed by atoms with Crippen molar-refractivity contribution in [2.24, 2.45) is 5.73 Å². The topological polar surface area (TPSA) is 35.2 Å². The van der Waals surface area contributed by atoms with Crippen LogP contribution in [0.25, 0.3) is 0 Å². The van der Waals surface area contributed by atoms with E-state index in [0.29, 0.717) is 17.6 Å². The van der Waals surface area contributed by atoms with Crippen LogP contribution in [0.1, 0.15) is 11.1 Å². The predicted molar refractivity (Wildman–Crippen MR) is 77.6 cm³/mol. The second-order valence-electron chi connectivity index (χ2n) is 4.19. The second kappa shape index (κ2) is 6.68. The second-order valence-corrected chi connectivity index (χ2v) is 4.98. The zero-order valence-electron chi connectivity index (χ0n) is 10.4. The standard InChI is InChI=1S/C15H15BrFNO/c16-15-12(4-2-6-14(15)17)10-19-13-5-1-3-11(9-13)7-8-18/h1-6,9H,7-8,10,18H2. The molecule has 0 aliphatic carbocycles. The molecule has 100 valence electrons. The Morgan fingerprint density at radius 3 is 2.74 bits per heavy atom. The van der Waals surface area contributed by atoms with Crippen LogP contribution in [0.2, 0.25) is 0 Å². The normalized spacial score (nSPS) is 10.5. The largest absolute Gasteiger partial charge is 0.489 e. The van der Waals surface area contributed by atoms with Gasteiger partial charge in [-0.05, 0) is 52.7 Å². The van der Waals surface area contributed by atoms with Gasteiger partial charge in [0.2, 0.25) is 0 Å². The van der Waals surface area contributed by atoms with Gasteiger partial charge in [0.1, 0.15) is 18.2 Å². The minimum absolute atomic E-state index is 0.280. The number of hydrogen-bond acceptors (Lipinski definition) is 2. The van der Waals surface area contributed by atoms with Gasteiger partial charge < -0.3 is 10.5 Å². The highest BCUT2D eigenvalue weighted by Gasteiger charge is 2.05. The highest BCUT2D eigenvalue weighted by Crippen LogP contribution is 2.22. The van der Waals surface area contributed by atoms with Crippen LogP contribution in [0.3, 0.4) is 0 Å². The molecule has 0 aliphatic rings. The molecular weight excluding hydrogens is 309 g/mol. The van der Waals surface area contributed by atoms with Crippen LogP contribution < -0.4 is 10.5 Å². The summed E-state index contributed by atoms with van der Waals surface area (Å²) < 4.78 is 19.5. The monoisotopic (exact) mass is 323 g/mol. The molecule has 0 bridgehead atoms. The molecule has 19 heavy (non-hydrogen) atoms. The van der Waals surface area contributed by atoms with Crippen molar-refractivity contribution in [1.82, 2.24) is 0 Å². The molecule has 2 aromatic rings. The van der Waals surface area contributed by atoms with Crippen LogP contribution in [0, 0.1) is 5.82 Å². The average molecular weight is 324 g/mol. The fraction of sp³-hybridized carbons (Fsp3) is 0.200. The molecule has 0 unspecified atom stereocenters. The van der Waals surface area contributed by atoms with Crippen LogP contribution in [0.5, 0.6) is 5.75 Å². The van der Waals surface area contributed by atoms with E-state index in [2.05, 4.69) is 15.9 Å². The molecule has 2 N–H and O–H groups in total. The fourth-order valence-corrected chi connectivity index (χ4v) is 2.16. The number of rotatable bonds is 5. The molecular formula is C15H15BrFNO. The van der Waals surface area contributed by atoms with E-state index in [9.17, 15) is 4.39 Å². The smallest absolute Gasteiger partial charge is 0.137 e. The van der Waals surface area contributed by atoms with Crippen molar-refractivity contribution in [3.8, 4) is 5.75 Å². The summed E-state index contributed by atoms with van der Waals surface area (Å²) in [5.41, 5.74) is 7.44. The summed E-state index contributed by atoms with van der Waals surface area (Å²) in [6, 6.07) is 12.7. The lowest BCUT2D eigenvalue weighted by Gasteiger charge is -2.09. The van der Waals surface area contributed by atoms with Crippen molar-refractivity contribution in [2.75, 3.05) is 6.54 Å². The number of ether oxygens (including phenoxy) is 1. The molecule has 2 rings (SSSR count). The van der Waals surface area contributed by atoms with Crippen molar-refractivity contribution in [3.63, 3.8) is 0 Å². The molecule has 0 aromatic heterocycles. The third-order valence-corrected chi connectivity index (χ3v) is 3.65. The molecule has 0 amide bonds. The molecule has 4 heteroatoms. The first kappa shape index (κ1) is 14.0. The maximum absolute atomic E-state index is 13.4. The Hall–Kier alpha value is -1.39. The first-order valence-electron chi connectivity index (χ1n) is 6.05. The molecule has 0 atom stereocenters. The van der Waals surface area contributed by atoms with E-state index < -0.39 is 0 Å². The Labute approximate surface area is 120 Å². The van der Waals surface area contributed by atoms with E-state index in [1.54, 1.807) is 6.07 Å². The Morgan fingerprint density at radius 1 is 1.16 bits per heavy atom. The van der Waals surface area contributed by atoms with E-state index >= 15 is 0 Å². The minimum atomic E-state index is -0.280. The van der Waals surface area contributed by atoms with Crippen molar-refractivity contribution in [2.45, 2.75) is 13.0 Å². The summed E-state index contributed by atoms with van der Waals surface area (Å²) in [5, 5.41) is 0. The Balaban J connectivity index is 2.06. The third-order valence-electron chi connectivity index (χ3n) is 2.76. The average Bonchev–Trinajstić information content (AvgIpc) is 2.41. The molecule has 0 saturated carbocycles. The summed E-state index contributed by atoms with van der Waals surface area (Å²) in [6.07, 6.45) is 0.820. The SMILES string of the molecule is NCCc1cccc(OCc2cccc(F)c2Br)c1. The van der Waals surface area contributed by atoms with E-state index in [4.69, 9.17) is 10.5 Å². The Morgan fingerprint density at radius 2 is 1.95 bits per heavy atom. The lowest BCUT2D eigenvalue weighted by atomic mass is 10.1. The van der Waals surface area contributed by atoms with Crippen LogP contribution in [-0.2, 0) is 13.0 Å². The maximum atomic E-state index is 13.4. The van der Waals surface area contributed by atoms with Crippen molar-refractivity contribution >= 4 is 15.9 Å². The lowest BCUT2D eigenvalue weighted by Crippen LogP contribution is -2.03. The van der Waals surface area contributed by atoms with Gasteiger partial charge in [0, 0.05) is 5.56 Å². The number of halogens is 2. The van der Waals surface area contributed by atoms with Crippen LogP contribution in [0.4, 0.5) is 4.39 Å². The van der Waals surface area contributed by atoms with Crippen molar-refractivity contribution in [3.05, 3.63) is 63.9 Å². The molecule has 0 spiro atoms. The van der Waals surface area contributed by atoms with Crippen LogP contribution in [-0.4, -0.2) is 6.54 Å². The summed E-state index contributed by atoms with van der Waals surface area (Å²) in [7, 11) is 0. The summed E-state index contributed by atoms with van der Waals surface area (Å²) in [4.78, 5) is 0. The van der Waals surface area contributed by atoms with Crippen molar-refractivity contribution in [1.29, 1.82) is 0 Å². The van der Waals surface area contributed by atoms with E-state index in [-0.39, 0.29) is 5.82 Å². The molecule has 0 saturated heterocycles. The Bertz CT molecular complexity index is 560. The molecule has 0 fully saturated rings. The number of nitrogens with two attached hydrogens (primary N) is 1. The quantitative estimate of drug-likeness (QED) is 0.911. The third kappa shape index (κ3) is 3.78. The predicted octanol–water partition coefficient (Wildman–Crippen LogP) is 3.67. The van der Waals surface area contributed by atoms with Gasteiger partial charge in [-0.15, -0.1) is 0 Å². The maximum Gasteiger partial charge on any atom is 0.137 e. The molecule has 2 nitrogen and oxygen atoms in total. The summed E-state index contributed by atoms with van der Waals surface area (Å²) in [5.74, 6) is 0.486. The first-order valence-corrected chi connectivity index (χ1v) is 6.84. The van der Waals surface area contributed by atoms with E-state index in [0.717, 1.165) is 23.3 Å². The minimum Gasteiger partial charge on any atom is -0.489 e. The zero-order chi connectivity index (χ0) is 13.7. The number of hydrogen-bond donors (Lipinski definition) is 1. The van der Waals surface area contributed by atoms with Gasteiger partial charge in [0.05, 0.1) is 4.47 Å². The van der Waals surface area contributed by atoms with Crippen molar-refractivity contribution < 1.29 is 9.13 Å². The van der Waals surface area contributed by atoms with Gasteiger partial charge in [-0.3, -0.25) is 0 Å². The number of benzene rings is 2.